The standard InChI is InChI=1S/4C4H9O.Hf/c4*1-2-3-4-5;/h4*2-4H2,1H3;/q4*-1;+4. The van der Waals surface area contributed by atoms with Gasteiger partial charge >= 0.3 is 25.8 Å². The van der Waals surface area contributed by atoms with Gasteiger partial charge in [-0.15, -0.1) is 26.4 Å². The summed E-state index contributed by atoms with van der Waals surface area (Å²) in [5, 5.41) is 38.1. The summed E-state index contributed by atoms with van der Waals surface area (Å²) in [7, 11) is 0. The summed E-state index contributed by atoms with van der Waals surface area (Å²) in [6, 6.07) is 0. The second kappa shape index (κ2) is 49.8. The van der Waals surface area contributed by atoms with Crippen LogP contribution in [-0.4, -0.2) is 26.4 Å². The largest absolute Gasteiger partial charge is 4.00 e. The van der Waals surface area contributed by atoms with Crippen molar-refractivity contribution in [3.8, 4) is 0 Å². The van der Waals surface area contributed by atoms with E-state index in [0.717, 1.165) is 51.4 Å². The Morgan fingerprint density at radius 1 is 0.429 bits per heavy atom. The molecule has 0 fully saturated rings. The van der Waals surface area contributed by atoms with Crippen molar-refractivity contribution in [2.45, 2.75) is 79.1 Å². The summed E-state index contributed by atoms with van der Waals surface area (Å²) in [5.41, 5.74) is 0. The first-order valence-electron chi connectivity index (χ1n) is 7.98. The van der Waals surface area contributed by atoms with E-state index < -0.39 is 0 Å². The maximum Gasteiger partial charge on any atom is 4.00 e. The van der Waals surface area contributed by atoms with Crippen molar-refractivity contribution in [3.63, 3.8) is 0 Å². The fourth-order valence-corrected chi connectivity index (χ4v) is 0.577. The first kappa shape index (κ1) is 33.3. The molecule has 0 aromatic rings. The van der Waals surface area contributed by atoms with Crippen LogP contribution < -0.4 is 20.4 Å². The Kier molecular flexibility index (Phi) is 79.1. The molecule has 21 heavy (non-hydrogen) atoms. The van der Waals surface area contributed by atoms with Crippen LogP contribution in [0.4, 0.5) is 0 Å². The minimum Gasteiger partial charge on any atom is -0.854 e. The fraction of sp³-hybridized carbons (Fsp3) is 1.00. The predicted octanol–water partition coefficient (Wildman–Crippen LogP) is 0.585. The number of unbranched alkanes of at least 4 members (excludes halogenated alkanes) is 4. The van der Waals surface area contributed by atoms with Crippen molar-refractivity contribution >= 4 is 0 Å². The summed E-state index contributed by atoms with van der Waals surface area (Å²) in [5.74, 6) is 0. The van der Waals surface area contributed by atoms with Crippen molar-refractivity contribution in [2.75, 3.05) is 26.4 Å². The van der Waals surface area contributed by atoms with Crippen LogP contribution in [0.1, 0.15) is 79.1 Å². The third-order valence-corrected chi connectivity index (χ3v) is 1.99. The van der Waals surface area contributed by atoms with E-state index in [9.17, 15) is 20.4 Å². The maximum atomic E-state index is 9.53. The average molecular weight is 471 g/mol. The predicted molar refractivity (Wildman–Crippen MR) is 79.1 cm³/mol. The van der Waals surface area contributed by atoms with Gasteiger partial charge in [-0.3, -0.25) is 0 Å². The van der Waals surface area contributed by atoms with E-state index in [-0.39, 0.29) is 52.3 Å². The van der Waals surface area contributed by atoms with Gasteiger partial charge in [0.1, 0.15) is 0 Å². The Labute approximate surface area is 151 Å². The number of rotatable bonds is 8. The molecule has 0 aromatic heterocycles. The van der Waals surface area contributed by atoms with Crippen LogP contribution >= 0.6 is 0 Å². The van der Waals surface area contributed by atoms with Crippen LogP contribution in [0.2, 0.25) is 0 Å². The molecule has 0 unspecified atom stereocenters. The molecule has 4 nitrogen and oxygen atoms in total. The van der Waals surface area contributed by atoms with Crippen LogP contribution in [0.15, 0.2) is 0 Å². The van der Waals surface area contributed by atoms with Gasteiger partial charge in [0.2, 0.25) is 0 Å². The van der Waals surface area contributed by atoms with Gasteiger partial charge in [-0.2, -0.15) is 0 Å². The molecule has 0 aliphatic carbocycles. The van der Waals surface area contributed by atoms with Crippen LogP contribution in [0.5, 0.6) is 0 Å². The van der Waals surface area contributed by atoms with Gasteiger partial charge < -0.3 is 20.4 Å². The molecule has 0 heterocycles. The molecule has 0 radical (unpaired) electrons. The summed E-state index contributed by atoms with van der Waals surface area (Å²) in [6.07, 6.45) is 7.46. The third-order valence-electron chi connectivity index (χ3n) is 1.99. The molecule has 0 amide bonds. The first-order chi connectivity index (χ1) is 9.66. The molecule has 0 N–H and O–H groups in total. The van der Waals surface area contributed by atoms with Crippen molar-refractivity contribution in [1.82, 2.24) is 0 Å². The number of hydrogen-bond acceptors (Lipinski definition) is 4. The molecule has 0 aliphatic heterocycles. The van der Waals surface area contributed by atoms with Crippen LogP contribution in [-0.2, 0) is 25.8 Å². The van der Waals surface area contributed by atoms with E-state index >= 15 is 0 Å². The molecular formula is C16H36HfO4. The fourth-order valence-electron chi connectivity index (χ4n) is 0.577. The molecule has 0 aromatic carbocycles. The van der Waals surface area contributed by atoms with Gasteiger partial charge in [0.15, 0.2) is 0 Å². The summed E-state index contributed by atoms with van der Waals surface area (Å²) in [6.45, 7) is 8.42. The second-order valence-electron chi connectivity index (χ2n) is 4.23. The Balaban J connectivity index is -0.0000000533. The van der Waals surface area contributed by atoms with E-state index in [2.05, 4.69) is 0 Å². The zero-order valence-corrected chi connectivity index (χ0v) is 18.2. The van der Waals surface area contributed by atoms with Gasteiger partial charge in [0.25, 0.3) is 0 Å². The van der Waals surface area contributed by atoms with Crippen molar-refractivity contribution in [1.29, 1.82) is 0 Å². The van der Waals surface area contributed by atoms with E-state index in [1.165, 1.54) is 0 Å². The van der Waals surface area contributed by atoms with E-state index in [1.807, 2.05) is 27.7 Å². The molecule has 0 bridgehead atoms. The normalized spacial score (nSPS) is 8.00. The quantitative estimate of drug-likeness (QED) is 0.485. The topological polar surface area (TPSA) is 92.2 Å². The monoisotopic (exact) mass is 472 g/mol. The molecular weight excluding hydrogens is 435 g/mol. The van der Waals surface area contributed by atoms with Gasteiger partial charge in [0.05, 0.1) is 0 Å². The molecule has 0 spiro atoms. The van der Waals surface area contributed by atoms with Crippen LogP contribution in [0.3, 0.4) is 0 Å². The van der Waals surface area contributed by atoms with E-state index in [1.54, 1.807) is 0 Å². The third kappa shape index (κ3) is 95.6. The molecule has 5 heteroatoms. The Morgan fingerprint density at radius 2 is 0.571 bits per heavy atom. The minimum atomic E-state index is 0. The summed E-state index contributed by atoms with van der Waals surface area (Å²) >= 11 is 0. The van der Waals surface area contributed by atoms with Crippen molar-refractivity contribution < 1.29 is 46.3 Å². The summed E-state index contributed by atoms with van der Waals surface area (Å²) < 4.78 is 0. The molecule has 0 saturated carbocycles. The SMILES string of the molecule is CCCC[O-].CCCC[O-].CCCC[O-].CCCC[O-].[Hf+4]. The Morgan fingerprint density at radius 3 is 0.571 bits per heavy atom. The van der Waals surface area contributed by atoms with E-state index in [4.69, 9.17) is 0 Å². The van der Waals surface area contributed by atoms with Gasteiger partial charge in [-0.1, -0.05) is 79.1 Å². The van der Waals surface area contributed by atoms with Crippen molar-refractivity contribution in [2.24, 2.45) is 0 Å². The van der Waals surface area contributed by atoms with Crippen LogP contribution in [0, 0.1) is 0 Å². The molecule has 0 aliphatic rings. The second-order valence-corrected chi connectivity index (χ2v) is 4.23. The zero-order valence-electron chi connectivity index (χ0n) is 14.6. The maximum absolute atomic E-state index is 9.53. The van der Waals surface area contributed by atoms with Crippen molar-refractivity contribution in [3.05, 3.63) is 0 Å². The van der Waals surface area contributed by atoms with Gasteiger partial charge in [-0.25, -0.2) is 0 Å². The Hall–Kier alpha value is 0.710. The Bertz CT molecular complexity index is 74.3. The molecule has 128 valence electrons. The van der Waals surface area contributed by atoms with Gasteiger partial charge in [-0.05, 0) is 0 Å². The number of hydrogen-bond donors (Lipinski definition) is 0. The molecule has 0 atom stereocenters. The first-order valence-corrected chi connectivity index (χ1v) is 7.98. The zero-order chi connectivity index (χ0) is 16.5. The van der Waals surface area contributed by atoms with E-state index in [0.29, 0.717) is 0 Å². The molecule has 0 rings (SSSR count). The minimum absolute atomic E-state index is 0. The summed E-state index contributed by atoms with van der Waals surface area (Å²) in [4.78, 5) is 0. The average Bonchev–Trinajstić information content (AvgIpc) is 2.44. The van der Waals surface area contributed by atoms with Gasteiger partial charge in [0, 0.05) is 0 Å². The smallest absolute Gasteiger partial charge is 0.854 e. The van der Waals surface area contributed by atoms with Crippen LogP contribution in [0.25, 0.3) is 0 Å². The molecule has 0 saturated heterocycles.